The molecule has 1 N–H and O–H groups in total. The first-order valence-electron chi connectivity index (χ1n) is 5.31. The maximum Gasteiger partial charge on any atom is 0.0304 e. The van der Waals surface area contributed by atoms with Crippen LogP contribution in [0.25, 0.3) is 0 Å². The van der Waals surface area contributed by atoms with Crippen molar-refractivity contribution >= 4 is 0 Å². The Morgan fingerprint density at radius 2 is 1.31 bits per heavy atom. The minimum absolute atomic E-state index is 0.528. The van der Waals surface area contributed by atoms with Crippen molar-refractivity contribution in [3.8, 4) is 0 Å². The topological polar surface area (TPSA) is 12.0 Å². The maximum absolute atomic E-state index is 4.05. The van der Waals surface area contributed by atoms with Crippen molar-refractivity contribution in [2.24, 2.45) is 17.8 Å². The fraction of sp³-hybridized carbons (Fsp3) is 0.833. The first-order chi connectivity index (χ1) is 5.86. The lowest BCUT2D eigenvalue weighted by molar-refractivity contribution is 0.328. The molecule has 0 atom stereocenters. The molecule has 0 aromatic carbocycles. The molecule has 0 aliphatic rings. The largest absolute Gasteiger partial charge is 0.385 e. The molecule has 0 aromatic heterocycles. The van der Waals surface area contributed by atoms with Crippen molar-refractivity contribution in [3.05, 3.63) is 12.3 Å². The average molecular weight is 183 g/mol. The summed E-state index contributed by atoms with van der Waals surface area (Å²) in [6.45, 7) is 17.4. The van der Waals surface area contributed by atoms with Crippen LogP contribution in [0.2, 0.25) is 0 Å². The summed E-state index contributed by atoms with van der Waals surface area (Å²) in [5, 5.41) is 3.52. The van der Waals surface area contributed by atoms with Gasteiger partial charge in [0.05, 0.1) is 0 Å². The first-order valence-corrected chi connectivity index (χ1v) is 5.31. The molecular formula is C12H25N. The second kappa shape index (κ2) is 5.31. The van der Waals surface area contributed by atoms with Crippen molar-refractivity contribution in [1.29, 1.82) is 0 Å². The van der Waals surface area contributed by atoms with Crippen molar-refractivity contribution in [1.82, 2.24) is 5.32 Å². The molecule has 0 aliphatic carbocycles. The predicted octanol–water partition coefficient (Wildman–Crippen LogP) is 3.43. The van der Waals surface area contributed by atoms with Gasteiger partial charge in [-0.05, 0) is 17.8 Å². The fourth-order valence-electron chi connectivity index (χ4n) is 1.48. The van der Waals surface area contributed by atoms with Crippen molar-refractivity contribution in [3.63, 3.8) is 0 Å². The molecule has 78 valence electrons. The zero-order valence-corrected chi connectivity index (χ0v) is 10.0. The highest BCUT2D eigenvalue weighted by Crippen LogP contribution is 2.15. The van der Waals surface area contributed by atoms with Gasteiger partial charge in [-0.25, -0.2) is 0 Å². The van der Waals surface area contributed by atoms with E-state index in [-0.39, 0.29) is 0 Å². The van der Waals surface area contributed by atoms with Crippen LogP contribution in [0.1, 0.15) is 41.5 Å². The second-order valence-electron chi connectivity index (χ2n) is 4.84. The minimum Gasteiger partial charge on any atom is -0.385 e. The van der Waals surface area contributed by atoms with E-state index < -0.39 is 0 Å². The van der Waals surface area contributed by atoms with Crippen molar-refractivity contribution in [2.45, 2.75) is 47.6 Å². The molecule has 0 spiro atoms. The molecule has 0 heterocycles. The van der Waals surface area contributed by atoms with Crippen LogP contribution in [-0.2, 0) is 0 Å². The molecule has 0 radical (unpaired) electrons. The summed E-state index contributed by atoms with van der Waals surface area (Å²) >= 11 is 0. The van der Waals surface area contributed by atoms with E-state index >= 15 is 0 Å². The molecule has 0 aliphatic heterocycles. The van der Waals surface area contributed by atoms with Gasteiger partial charge in [0.15, 0.2) is 0 Å². The molecule has 0 saturated heterocycles. The van der Waals surface area contributed by atoms with E-state index in [1.807, 2.05) is 0 Å². The molecule has 0 amide bonds. The van der Waals surface area contributed by atoms with Gasteiger partial charge in [0, 0.05) is 11.7 Å². The Labute approximate surface area is 83.6 Å². The van der Waals surface area contributed by atoms with Crippen LogP contribution in [0, 0.1) is 17.8 Å². The lowest BCUT2D eigenvalue weighted by atomic mass is 9.92. The highest BCUT2D eigenvalue weighted by atomic mass is 14.9. The molecule has 0 fully saturated rings. The molecule has 0 aromatic rings. The lowest BCUT2D eigenvalue weighted by Crippen LogP contribution is -2.38. The number of allylic oxidation sites excluding steroid dienone is 1. The molecule has 0 unspecified atom stereocenters. The highest BCUT2D eigenvalue weighted by Gasteiger charge is 2.17. The Morgan fingerprint density at radius 3 is 1.54 bits per heavy atom. The summed E-state index contributed by atoms with van der Waals surface area (Å²) in [7, 11) is 0. The van der Waals surface area contributed by atoms with Gasteiger partial charge in [-0.1, -0.05) is 48.1 Å². The van der Waals surface area contributed by atoms with Crippen LogP contribution in [0.15, 0.2) is 12.3 Å². The number of nitrogens with one attached hydrogen (secondary N) is 1. The molecule has 13 heavy (non-hydrogen) atoms. The third kappa shape index (κ3) is 4.35. The van der Waals surface area contributed by atoms with Gasteiger partial charge in [-0.3, -0.25) is 0 Å². The Morgan fingerprint density at radius 1 is 0.923 bits per heavy atom. The number of rotatable bonds is 5. The van der Waals surface area contributed by atoms with Gasteiger partial charge in [-0.15, -0.1) is 0 Å². The van der Waals surface area contributed by atoms with Gasteiger partial charge in [-0.2, -0.15) is 0 Å². The first kappa shape index (κ1) is 12.5. The van der Waals surface area contributed by atoms with Crippen molar-refractivity contribution in [2.75, 3.05) is 0 Å². The lowest BCUT2D eigenvalue weighted by Gasteiger charge is -2.29. The monoisotopic (exact) mass is 183 g/mol. The average Bonchev–Trinajstić information content (AvgIpc) is 1.97. The Bertz CT molecular complexity index is 149. The minimum atomic E-state index is 0.528. The van der Waals surface area contributed by atoms with Crippen molar-refractivity contribution < 1.29 is 0 Å². The highest BCUT2D eigenvalue weighted by molar-refractivity contribution is 4.98. The van der Waals surface area contributed by atoms with E-state index in [9.17, 15) is 0 Å². The molecule has 0 rings (SSSR count). The molecule has 0 bridgehead atoms. The van der Waals surface area contributed by atoms with Crippen LogP contribution in [0.5, 0.6) is 0 Å². The van der Waals surface area contributed by atoms with Crippen LogP contribution >= 0.6 is 0 Å². The Balaban J connectivity index is 4.19. The molecule has 0 saturated carbocycles. The van der Waals surface area contributed by atoms with Gasteiger partial charge in [0.2, 0.25) is 0 Å². The predicted molar refractivity (Wildman–Crippen MR) is 60.6 cm³/mol. The van der Waals surface area contributed by atoms with E-state index in [0.29, 0.717) is 23.8 Å². The maximum atomic E-state index is 4.05. The van der Waals surface area contributed by atoms with Gasteiger partial charge in [0.25, 0.3) is 0 Å². The van der Waals surface area contributed by atoms with Crippen LogP contribution in [0.4, 0.5) is 0 Å². The molecule has 1 heteroatoms. The zero-order valence-electron chi connectivity index (χ0n) is 10.0. The third-order valence-electron chi connectivity index (χ3n) is 2.49. The third-order valence-corrected chi connectivity index (χ3v) is 2.49. The number of hydrogen-bond acceptors (Lipinski definition) is 1. The summed E-state index contributed by atoms with van der Waals surface area (Å²) < 4.78 is 0. The van der Waals surface area contributed by atoms with E-state index in [2.05, 4.69) is 53.4 Å². The van der Waals surface area contributed by atoms with E-state index in [1.165, 1.54) is 0 Å². The quantitative estimate of drug-likeness (QED) is 0.688. The Hall–Kier alpha value is -0.460. The summed E-state index contributed by atoms with van der Waals surface area (Å²) in [4.78, 5) is 0. The van der Waals surface area contributed by atoms with E-state index in [1.54, 1.807) is 0 Å². The van der Waals surface area contributed by atoms with E-state index in [4.69, 9.17) is 0 Å². The normalized spacial score (nSPS) is 11.8. The summed E-state index contributed by atoms with van der Waals surface area (Å²) in [6.07, 6.45) is 0. The van der Waals surface area contributed by atoms with Crippen LogP contribution < -0.4 is 5.32 Å². The molecular weight excluding hydrogens is 158 g/mol. The van der Waals surface area contributed by atoms with Gasteiger partial charge >= 0.3 is 0 Å². The smallest absolute Gasteiger partial charge is 0.0304 e. The SMILES string of the molecule is C=C(NC(C(C)C)C(C)C)C(C)C. The van der Waals surface area contributed by atoms with Gasteiger partial charge in [0.1, 0.15) is 0 Å². The number of hydrogen-bond donors (Lipinski definition) is 1. The zero-order chi connectivity index (χ0) is 10.6. The van der Waals surface area contributed by atoms with Crippen LogP contribution in [-0.4, -0.2) is 6.04 Å². The summed E-state index contributed by atoms with van der Waals surface area (Å²) in [5.74, 6) is 1.85. The summed E-state index contributed by atoms with van der Waals surface area (Å²) in [6, 6.07) is 0.551. The molecule has 1 nitrogen and oxygen atoms in total. The fourth-order valence-corrected chi connectivity index (χ4v) is 1.48. The second-order valence-corrected chi connectivity index (χ2v) is 4.84. The standard InChI is InChI=1S/C12H25N/c1-8(2)11(7)13-12(9(3)4)10(5)6/h8-10,12-13H,7H2,1-6H3. The van der Waals surface area contributed by atoms with Crippen LogP contribution in [0.3, 0.4) is 0 Å². The summed E-state index contributed by atoms with van der Waals surface area (Å²) in [5.41, 5.74) is 1.16. The Kier molecular flexibility index (Phi) is 5.12. The van der Waals surface area contributed by atoms with Gasteiger partial charge < -0.3 is 5.32 Å². The van der Waals surface area contributed by atoms with E-state index in [0.717, 1.165) is 5.70 Å².